The molecule has 0 bridgehead atoms. The van der Waals surface area contributed by atoms with E-state index in [2.05, 4.69) is 21.7 Å². The number of hydrogen-bond donors (Lipinski definition) is 1. The molecule has 1 N–H and O–H groups in total. The first kappa shape index (κ1) is 17.1. The SMILES string of the molecule is COC(=O)CN1C2CCCCC2CC1C(O)N1CCN(C)CC1. The number of likely N-dealkylation sites (N-methyl/N-ethyl adjacent to an activating group) is 1. The van der Waals surface area contributed by atoms with Crippen LogP contribution in [-0.2, 0) is 9.53 Å². The Morgan fingerprint density at radius 3 is 2.61 bits per heavy atom. The summed E-state index contributed by atoms with van der Waals surface area (Å²) >= 11 is 0. The maximum atomic E-state index is 11.9. The van der Waals surface area contributed by atoms with Gasteiger partial charge >= 0.3 is 5.97 Å². The van der Waals surface area contributed by atoms with E-state index in [9.17, 15) is 9.90 Å². The van der Waals surface area contributed by atoms with Gasteiger partial charge in [-0.15, -0.1) is 0 Å². The Morgan fingerprint density at radius 2 is 1.91 bits per heavy atom. The summed E-state index contributed by atoms with van der Waals surface area (Å²) in [5, 5.41) is 11.0. The molecule has 0 amide bonds. The van der Waals surface area contributed by atoms with Gasteiger partial charge < -0.3 is 14.7 Å². The van der Waals surface area contributed by atoms with E-state index in [1.54, 1.807) is 0 Å². The number of likely N-dealkylation sites (tertiary alicyclic amines) is 1. The van der Waals surface area contributed by atoms with Gasteiger partial charge in [0, 0.05) is 32.2 Å². The van der Waals surface area contributed by atoms with Gasteiger partial charge in [0.2, 0.25) is 0 Å². The highest BCUT2D eigenvalue weighted by Crippen LogP contribution is 2.41. The van der Waals surface area contributed by atoms with Crippen molar-refractivity contribution in [2.75, 3.05) is 46.9 Å². The van der Waals surface area contributed by atoms with E-state index in [1.807, 2.05) is 0 Å². The van der Waals surface area contributed by atoms with Gasteiger partial charge in [0.1, 0.15) is 6.23 Å². The zero-order valence-corrected chi connectivity index (χ0v) is 14.5. The Kier molecular flexibility index (Phi) is 5.57. The zero-order chi connectivity index (χ0) is 16.4. The van der Waals surface area contributed by atoms with Crippen LogP contribution in [0.2, 0.25) is 0 Å². The number of ether oxygens (including phenoxy) is 1. The van der Waals surface area contributed by atoms with Crippen LogP contribution in [0, 0.1) is 5.92 Å². The Balaban J connectivity index is 1.70. The lowest BCUT2D eigenvalue weighted by atomic mass is 9.84. The lowest BCUT2D eigenvalue weighted by molar-refractivity contribution is -0.145. The predicted molar refractivity (Wildman–Crippen MR) is 87.9 cm³/mol. The van der Waals surface area contributed by atoms with Gasteiger partial charge in [0.25, 0.3) is 0 Å². The molecular weight excluding hydrogens is 294 g/mol. The molecular formula is C17H31N3O3. The van der Waals surface area contributed by atoms with Gasteiger partial charge in [-0.3, -0.25) is 14.6 Å². The van der Waals surface area contributed by atoms with Gasteiger partial charge in [0.05, 0.1) is 19.7 Å². The van der Waals surface area contributed by atoms with Gasteiger partial charge in [-0.25, -0.2) is 0 Å². The molecule has 3 rings (SSSR count). The standard InChI is InChI=1S/C17H31N3O3/c1-18-7-9-19(10-8-18)17(22)15-11-13-5-3-4-6-14(13)20(15)12-16(21)23-2/h13-15,17,22H,3-12H2,1-2H3. The summed E-state index contributed by atoms with van der Waals surface area (Å²) < 4.78 is 4.90. The highest BCUT2D eigenvalue weighted by Gasteiger charge is 2.46. The minimum atomic E-state index is -0.473. The number of piperazine rings is 1. The highest BCUT2D eigenvalue weighted by atomic mass is 16.5. The number of rotatable bonds is 4. The normalized spacial score (nSPS) is 35.0. The average Bonchev–Trinajstić information content (AvgIpc) is 2.93. The van der Waals surface area contributed by atoms with E-state index in [-0.39, 0.29) is 12.0 Å². The van der Waals surface area contributed by atoms with Crippen molar-refractivity contribution in [3.8, 4) is 0 Å². The second-order valence-corrected chi connectivity index (χ2v) is 7.42. The summed E-state index contributed by atoms with van der Waals surface area (Å²) in [5.74, 6) is 0.437. The van der Waals surface area contributed by atoms with Crippen molar-refractivity contribution in [2.45, 2.75) is 50.4 Å². The van der Waals surface area contributed by atoms with E-state index in [0.29, 0.717) is 18.5 Å². The minimum absolute atomic E-state index is 0.0607. The lowest BCUT2D eigenvalue weighted by Crippen LogP contribution is -2.56. The maximum Gasteiger partial charge on any atom is 0.319 e. The van der Waals surface area contributed by atoms with E-state index < -0.39 is 6.23 Å². The quantitative estimate of drug-likeness (QED) is 0.753. The molecule has 0 aromatic carbocycles. The number of nitrogens with zero attached hydrogens (tertiary/aromatic N) is 3. The Labute approximate surface area is 139 Å². The number of methoxy groups -OCH3 is 1. The molecule has 0 aromatic heterocycles. The van der Waals surface area contributed by atoms with Crippen LogP contribution in [0.15, 0.2) is 0 Å². The van der Waals surface area contributed by atoms with Gasteiger partial charge in [-0.05, 0) is 32.2 Å². The van der Waals surface area contributed by atoms with Crippen molar-refractivity contribution in [1.82, 2.24) is 14.7 Å². The van der Waals surface area contributed by atoms with E-state index in [0.717, 1.165) is 39.0 Å². The lowest BCUT2D eigenvalue weighted by Gasteiger charge is -2.41. The van der Waals surface area contributed by atoms with Crippen LogP contribution >= 0.6 is 0 Å². The van der Waals surface area contributed by atoms with Crippen LogP contribution in [0.5, 0.6) is 0 Å². The van der Waals surface area contributed by atoms with Crippen LogP contribution in [0.25, 0.3) is 0 Å². The molecule has 132 valence electrons. The molecule has 0 aromatic rings. The number of aliphatic hydroxyl groups is 1. The first-order valence-corrected chi connectivity index (χ1v) is 9.03. The summed E-state index contributed by atoms with van der Waals surface area (Å²) in [5.41, 5.74) is 0. The average molecular weight is 325 g/mol. The first-order valence-electron chi connectivity index (χ1n) is 9.03. The second kappa shape index (κ2) is 7.47. The van der Waals surface area contributed by atoms with Crippen molar-refractivity contribution in [2.24, 2.45) is 5.92 Å². The number of hydrogen-bond acceptors (Lipinski definition) is 6. The number of aliphatic hydroxyl groups excluding tert-OH is 1. The van der Waals surface area contributed by atoms with Crippen LogP contribution in [0.3, 0.4) is 0 Å². The monoisotopic (exact) mass is 325 g/mol. The third-order valence-corrected chi connectivity index (χ3v) is 6.06. The Morgan fingerprint density at radius 1 is 1.22 bits per heavy atom. The molecule has 0 radical (unpaired) electrons. The van der Waals surface area contributed by atoms with Crippen LogP contribution in [0.4, 0.5) is 0 Å². The van der Waals surface area contributed by atoms with Crippen LogP contribution < -0.4 is 0 Å². The minimum Gasteiger partial charge on any atom is -0.468 e. The smallest absolute Gasteiger partial charge is 0.319 e. The second-order valence-electron chi connectivity index (χ2n) is 7.42. The summed E-state index contributed by atoms with van der Waals surface area (Å²) in [7, 11) is 3.57. The summed E-state index contributed by atoms with van der Waals surface area (Å²) in [4.78, 5) is 18.6. The van der Waals surface area contributed by atoms with E-state index in [1.165, 1.54) is 26.4 Å². The van der Waals surface area contributed by atoms with E-state index >= 15 is 0 Å². The van der Waals surface area contributed by atoms with Crippen molar-refractivity contribution in [3.63, 3.8) is 0 Å². The molecule has 1 aliphatic carbocycles. The zero-order valence-electron chi connectivity index (χ0n) is 14.5. The van der Waals surface area contributed by atoms with Crippen molar-refractivity contribution >= 4 is 5.97 Å². The molecule has 2 heterocycles. The largest absolute Gasteiger partial charge is 0.468 e. The number of carbonyl (C=O) groups excluding carboxylic acids is 1. The topological polar surface area (TPSA) is 56.2 Å². The van der Waals surface area contributed by atoms with Gasteiger partial charge in [0.15, 0.2) is 0 Å². The summed E-state index contributed by atoms with van der Waals surface area (Å²) in [6.45, 7) is 4.10. The Hall–Kier alpha value is -0.690. The van der Waals surface area contributed by atoms with Gasteiger partial charge in [-0.1, -0.05) is 12.8 Å². The molecule has 4 atom stereocenters. The fraction of sp³-hybridized carbons (Fsp3) is 0.941. The fourth-order valence-electron chi connectivity index (χ4n) is 4.66. The maximum absolute atomic E-state index is 11.9. The third-order valence-electron chi connectivity index (χ3n) is 6.06. The fourth-order valence-corrected chi connectivity index (χ4v) is 4.66. The molecule has 6 nitrogen and oxygen atoms in total. The third kappa shape index (κ3) is 3.71. The van der Waals surface area contributed by atoms with E-state index in [4.69, 9.17) is 4.74 Å². The molecule has 3 fully saturated rings. The molecule has 2 saturated heterocycles. The Bertz CT molecular complexity index is 412. The van der Waals surface area contributed by atoms with Crippen molar-refractivity contribution in [3.05, 3.63) is 0 Å². The number of carbonyl (C=O) groups is 1. The van der Waals surface area contributed by atoms with Crippen LogP contribution in [-0.4, -0.2) is 91.0 Å². The molecule has 1 saturated carbocycles. The molecule has 0 spiro atoms. The molecule has 4 unspecified atom stereocenters. The number of fused-ring (bicyclic) bond motifs is 1. The first-order chi connectivity index (χ1) is 11.1. The highest BCUT2D eigenvalue weighted by molar-refractivity contribution is 5.71. The molecule has 6 heteroatoms. The molecule has 2 aliphatic heterocycles. The van der Waals surface area contributed by atoms with Crippen LogP contribution in [0.1, 0.15) is 32.1 Å². The molecule has 23 heavy (non-hydrogen) atoms. The van der Waals surface area contributed by atoms with Gasteiger partial charge in [-0.2, -0.15) is 0 Å². The molecule has 3 aliphatic rings. The number of esters is 1. The van der Waals surface area contributed by atoms with Crippen molar-refractivity contribution < 1.29 is 14.6 Å². The van der Waals surface area contributed by atoms with Crippen molar-refractivity contribution in [1.29, 1.82) is 0 Å². The predicted octanol–water partition coefficient (Wildman–Crippen LogP) is 0.358. The summed E-state index contributed by atoms with van der Waals surface area (Å²) in [6.07, 6.45) is 5.43. The summed E-state index contributed by atoms with van der Waals surface area (Å²) in [6, 6.07) is 0.501.